The van der Waals surface area contributed by atoms with Crippen LogP contribution in [0.3, 0.4) is 0 Å². The molecule has 1 aromatic heterocycles. The molecule has 0 bridgehead atoms. The number of aromatic amines is 1. The average Bonchev–Trinajstić information content (AvgIpc) is 2.79. The summed E-state index contributed by atoms with van der Waals surface area (Å²) in [7, 11) is -3.77. The minimum absolute atomic E-state index is 0.0647. The molecule has 0 spiro atoms. The molecule has 0 radical (unpaired) electrons. The molecule has 2 aromatic rings. The van der Waals surface area contributed by atoms with Crippen LogP contribution in [0, 0.1) is 0 Å². The summed E-state index contributed by atoms with van der Waals surface area (Å²) in [6.07, 6.45) is 3.72. The topological polar surface area (TPSA) is 74.8 Å². The first kappa shape index (κ1) is 15.8. The SMILES string of the molecule is O=S(=O)(NCCc1ncc[nH]1)c1c(Cl)cc(Br)cc1Cl. The highest BCUT2D eigenvalue weighted by Gasteiger charge is 2.22. The number of hydrogen-bond acceptors (Lipinski definition) is 3. The molecule has 0 amide bonds. The van der Waals surface area contributed by atoms with Gasteiger partial charge in [0.2, 0.25) is 10.0 Å². The highest BCUT2D eigenvalue weighted by atomic mass is 79.9. The number of benzene rings is 1. The zero-order valence-corrected chi connectivity index (χ0v) is 13.9. The van der Waals surface area contributed by atoms with Crippen LogP contribution in [0.2, 0.25) is 10.0 Å². The maximum Gasteiger partial charge on any atom is 0.243 e. The molecule has 0 unspecified atom stereocenters. The number of H-pyrrole nitrogens is 1. The summed E-state index contributed by atoms with van der Waals surface area (Å²) >= 11 is 15.1. The smallest absolute Gasteiger partial charge is 0.243 e. The maximum atomic E-state index is 12.2. The summed E-state index contributed by atoms with van der Waals surface area (Å²) in [6, 6.07) is 2.96. The highest BCUT2D eigenvalue weighted by molar-refractivity contribution is 9.10. The Morgan fingerprint density at radius 3 is 2.50 bits per heavy atom. The van der Waals surface area contributed by atoms with Crippen LogP contribution in [0.4, 0.5) is 0 Å². The molecule has 20 heavy (non-hydrogen) atoms. The Labute approximate surface area is 134 Å². The van der Waals surface area contributed by atoms with Crippen molar-refractivity contribution in [1.82, 2.24) is 14.7 Å². The lowest BCUT2D eigenvalue weighted by Crippen LogP contribution is -2.26. The molecule has 1 heterocycles. The van der Waals surface area contributed by atoms with Crippen molar-refractivity contribution >= 4 is 49.2 Å². The molecule has 1 aromatic carbocycles. The predicted octanol–water partition coefficient (Wildman–Crippen LogP) is 3.00. The second kappa shape index (κ2) is 6.44. The molecule has 2 rings (SSSR count). The van der Waals surface area contributed by atoms with Gasteiger partial charge >= 0.3 is 0 Å². The first-order valence-electron chi connectivity index (χ1n) is 5.52. The van der Waals surface area contributed by atoms with Gasteiger partial charge in [0.15, 0.2) is 0 Å². The van der Waals surface area contributed by atoms with Crippen LogP contribution in [0.15, 0.2) is 33.9 Å². The third-order valence-corrected chi connectivity index (χ3v) is 5.28. The molecule has 0 aliphatic carbocycles. The fraction of sp³-hybridized carbons (Fsp3) is 0.182. The molecule has 2 N–H and O–H groups in total. The Kier molecular flexibility index (Phi) is 5.09. The van der Waals surface area contributed by atoms with Crippen LogP contribution < -0.4 is 4.72 Å². The van der Waals surface area contributed by atoms with Crippen molar-refractivity contribution in [2.45, 2.75) is 11.3 Å². The first-order valence-corrected chi connectivity index (χ1v) is 8.56. The van der Waals surface area contributed by atoms with Gasteiger partial charge in [0.25, 0.3) is 0 Å². The Hall–Kier alpha value is -0.600. The molecule has 0 saturated heterocycles. The largest absolute Gasteiger partial charge is 0.349 e. The van der Waals surface area contributed by atoms with E-state index in [9.17, 15) is 8.42 Å². The summed E-state index contributed by atoms with van der Waals surface area (Å²) in [5, 5.41) is 0.129. The van der Waals surface area contributed by atoms with Crippen molar-refractivity contribution in [2.24, 2.45) is 0 Å². The van der Waals surface area contributed by atoms with E-state index in [1.165, 1.54) is 12.1 Å². The Morgan fingerprint density at radius 2 is 1.95 bits per heavy atom. The average molecular weight is 399 g/mol. The number of sulfonamides is 1. The van der Waals surface area contributed by atoms with E-state index < -0.39 is 10.0 Å². The van der Waals surface area contributed by atoms with Gasteiger partial charge < -0.3 is 4.98 Å². The van der Waals surface area contributed by atoms with Crippen LogP contribution >= 0.6 is 39.1 Å². The third-order valence-electron chi connectivity index (χ3n) is 2.44. The van der Waals surface area contributed by atoms with Crippen LogP contribution in [-0.4, -0.2) is 24.9 Å². The van der Waals surface area contributed by atoms with Crippen LogP contribution in [0.5, 0.6) is 0 Å². The Morgan fingerprint density at radius 1 is 1.30 bits per heavy atom. The number of aromatic nitrogens is 2. The summed E-state index contributed by atoms with van der Waals surface area (Å²) in [5.41, 5.74) is 0. The second-order valence-corrected chi connectivity index (χ2v) is 7.32. The maximum absolute atomic E-state index is 12.2. The Bertz CT molecular complexity index is 681. The van der Waals surface area contributed by atoms with Crippen LogP contribution in [0.1, 0.15) is 5.82 Å². The number of imidazole rings is 1. The van der Waals surface area contributed by atoms with Crippen molar-refractivity contribution < 1.29 is 8.42 Å². The van der Waals surface area contributed by atoms with Gasteiger partial charge in [0, 0.05) is 29.8 Å². The predicted molar refractivity (Wildman–Crippen MR) is 81.6 cm³/mol. The summed E-state index contributed by atoms with van der Waals surface area (Å²) in [4.78, 5) is 6.77. The fourth-order valence-corrected chi connectivity index (χ4v) is 4.56. The Balaban J connectivity index is 2.14. The highest BCUT2D eigenvalue weighted by Crippen LogP contribution is 2.32. The van der Waals surface area contributed by atoms with Crippen molar-refractivity contribution in [3.05, 3.63) is 44.9 Å². The zero-order valence-electron chi connectivity index (χ0n) is 10.0. The van der Waals surface area contributed by atoms with Gasteiger partial charge in [0.05, 0.1) is 10.0 Å². The fourth-order valence-electron chi connectivity index (χ4n) is 1.60. The molecule has 108 valence electrons. The standard InChI is InChI=1S/C11H10BrCl2N3O2S/c12-7-5-8(13)11(9(14)6-7)20(18,19)17-2-1-10-15-3-4-16-10/h3-6,17H,1-2H2,(H,15,16). The van der Waals surface area contributed by atoms with Crippen LogP contribution in [0.25, 0.3) is 0 Å². The van der Waals surface area contributed by atoms with Gasteiger partial charge in [0.1, 0.15) is 10.7 Å². The molecule has 9 heteroatoms. The van der Waals surface area contributed by atoms with Gasteiger partial charge in [-0.25, -0.2) is 18.1 Å². The molecule has 5 nitrogen and oxygen atoms in total. The van der Waals surface area contributed by atoms with Crippen LogP contribution in [-0.2, 0) is 16.4 Å². The number of rotatable bonds is 5. The molecule has 0 atom stereocenters. The number of halogens is 3. The van der Waals surface area contributed by atoms with E-state index in [1.54, 1.807) is 12.4 Å². The monoisotopic (exact) mass is 397 g/mol. The number of nitrogens with zero attached hydrogens (tertiary/aromatic N) is 1. The molecule has 0 saturated carbocycles. The lowest BCUT2D eigenvalue weighted by Gasteiger charge is -2.10. The second-order valence-electron chi connectivity index (χ2n) is 3.88. The van der Waals surface area contributed by atoms with Crippen molar-refractivity contribution in [3.63, 3.8) is 0 Å². The van der Waals surface area contributed by atoms with Gasteiger partial charge in [-0.1, -0.05) is 39.1 Å². The lowest BCUT2D eigenvalue weighted by atomic mass is 10.4. The van der Waals surface area contributed by atoms with Crippen molar-refractivity contribution in [3.8, 4) is 0 Å². The van der Waals surface area contributed by atoms with Gasteiger partial charge in [-0.2, -0.15) is 0 Å². The van der Waals surface area contributed by atoms with E-state index >= 15 is 0 Å². The molecule has 0 aliphatic rings. The minimum atomic E-state index is -3.77. The summed E-state index contributed by atoms with van der Waals surface area (Å²) < 4.78 is 27.4. The van der Waals surface area contributed by atoms with E-state index in [0.29, 0.717) is 16.7 Å². The molecular formula is C11H10BrCl2N3O2S. The zero-order chi connectivity index (χ0) is 14.8. The lowest BCUT2D eigenvalue weighted by molar-refractivity contribution is 0.581. The normalized spacial score (nSPS) is 11.8. The third kappa shape index (κ3) is 3.73. The van der Waals surface area contributed by atoms with Gasteiger partial charge in [-0.15, -0.1) is 0 Å². The number of hydrogen-bond donors (Lipinski definition) is 2. The first-order chi connectivity index (χ1) is 9.40. The summed E-state index contributed by atoms with van der Waals surface area (Å²) in [5.74, 6) is 0.695. The van der Waals surface area contributed by atoms with E-state index in [-0.39, 0.29) is 21.5 Å². The quantitative estimate of drug-likeness (QED) is 0.812. The van der Waals surface area contributed by atoms with Gasteiger partial charge in [-0.3, -0.25) is 0 Å². The van der Waals surface area contributed by atoms with E-state index in [0.717, 1.165) is 0 Å². The minimum Gasteiger partial charge on any atom is -0.349 e. The molecule has 0 aliphatic heterocycles. The molecule has 0 fully saturated rings. The van der Waals surface area contributed by atoms with Crippen molar-refractivity contribution in [1.29, 1.82) is 0 Å². The van der Waals surface area contributed by atoms with E-state index in [1.807, 2.05) is 0 Å². The molecular weight excluding hydrogens is 389 g/mol. The summed E-state index contributed by atoms with van der Waals surface area (Å²) in [6.45, 7) is 0.193. The van der Waals surface area contributed by atoms with E-state index in [4.69, 9.17) is 23.2 Å². The van der Waals surface area contributed by atoms with Gasteiger partial charge in [-0.05, 0) is 12.1 Å². The van der Waals surface area contributed by atoms with Crippen molar-refractivity contribution in [2.75, 3.05) is 6.54 Å². The van der Waals surface area contributed by atoms with E-state index in [2.05, 4.69) is 30.6 Å². The number of nitrogens with one attached hydrogen (secondary N) is 2.